The Labute approximate surface area is 119 Å². The standard InChI is InChI=1S/C12H20N2O5S/c1-18-7-8-19-6-2-5-14-20(16,17)12-4-3-11(10-15)9-13-12/h3-4,9,14-15H,2,5-8,10H2,1H3. The summed E-state index contributed by atoms with van der Waals surface area (Å²) in [5, 5.41) is 8.81. The van der Waals surface area contributed by atoms with Gasteiger partial charge in [0.1, 0.15) is 0 Å². The minimum absolute atomic E-state index is 0.0602. The lowest BCUT2D eigenvalue weighted by Gasteiger charge is -2.07. The number of methoxy groups -OCH3 is 1. The van der Waals surface area contributed by atoms with E-state index in [9.17, 15) is 8.42 Å². The number of hydrogen-bond acceptors (Lipinski definition) is 6. The molecule has 0 bridgehead atoms. The molecule has 0 fully saturated rings. The van der Waals surface area contributed by atoms with E-state index in [0.29, 0.717) is 31.8 Å². The first-order chi connectivity index (χ1) is 9.60. The highest BCUT2D eigenvalue weighted by Crippen LogP contribution is 2.06. The second kappa shape index (κ2) is 8.98. The number of rotatable bonds is 10. The number of aliphatic hydroxyl groups excluding tert-OH is 1. The number of aromatic nitrogens is 1. The minimum atomic E-state index is -3.61. The smallest absolute Gasteiger partial charge is 0.258 e. The van der Waals surface area contributed by atoms with E-state index in [0.717, 1.165) is 0 Å². The first-order valence-corrected chi connectivity index (χ1v) is 7.70. The minimum Gasteiger partial charge on any atom is -0.392 e. The Morgan fingerprint density at radius 3 is 2.70 bits per heavy atom. The SMILES string of the molecule is COCCOCCCNS(=O)(=O)c1ccc(CO)cn1. The van der Waals surface area contributed by atoms with Crippen LogP contribution in [0.5, 0.6) is 0 Å². The van der Waals surface area contributed by atoms with Crippen LogP contribution in [0.4, 0.5) is 0 Å². The number of sulfonamides is 1. The fraction of sp³-hybridized carbons (Fsp3) is 0.583. The van der Waals surface area contributed by atoms with E-state index in [1.54, 1.807) is 7.11 Å². The molecule has 114 valence electrons. The highest BCUT2D eigenvalue weighted by atomic mass is 32.2. The Kier molecular flexibility index (Phi) is 7.63. The average molecular weight is 304 g/mol. The number of ether oxygens (including phenoxy) is 2. The van der Waals surface area contributed by atoms with Gasteiger partial charge in [-0.1, -0.05) is 6.07 Å². The first kappa shape index (κ1) is 17.0. The van der Waals surface area contributed by atoms with Crippen LogP contribution in [0.1, 0.15) is 12.0 Å². The van der Waals surface area contributed by atoms with Gasteiger partial charge in [-0.2, -0.15) is 0 Å². The van der Waals surface area contributed by atoms with Crippen molar-refractivity contribution in [3.05, 3.63) is 23.9 Å². The molecule has 0 spiro atoms. The molecular weight excluding hydrogens is 284 g/mol. The average Bonchev–Trinajstić information content (AvgIpc) is 2.46. The third kappa shape index (κ3) is 5.93. The molecule has 0 aliphatic carbocycles. The fourth-order valence-corrected chi connectivity index (χ4v) is 2.36. The summed E-state index contributed by atoms with van der Waals surface area (Å²) in [5.41, 5.74) is 0.565. The molecule has 1 rings (SSSR count). The number of pyridine rings is 1. The molecule has 0 radical (unpaired) electrons. The number of nitrogens with one attached hydrogen (secondary N) is 1. The van der Waals surface area contributed by atoms with Crippen molar-refractivity contribution in [2.45, 2.75) is 18.1 Å². The molecule has 0 atom stereocenters. The Balaban J connectivity index is 2.33. The molecule has 7 nitrogen and oxygen atoms in total. The van der Waals surface area contributed by atoms with Gasteiger partial charge in [-0.3, -0.25) is 0 Å². The number of hydrogen-bond donors (Lipinski definition) is 2. The maximum absolute atomic E-state index is 11.9. The molecule has 0 aliphatic heterocycles. The second-order valence-electron chi connectivity index (χ2n) is 4.02. The van der Waals surface area contributed by atoms with Crippen LogP contribution >= 0.6 is 0 Å². The molecule has 2 N–H and O–H groups in total. The van der Waals surface area contributed by atoms with Crippen molar-refractivity contribution >= 4 is 10.0 Å². The lowest BCUT2D eigenvalue weighted by Crippen LogP contribution is -2.26. The zero-order valence-electron chi connectivity index (χ0n) is 11.4. The molecule has 1 heterocycles. The van der Waals surface area contributed by atoms with Crippen molar-refractivity contribution in [2.75, 3.05) is 33.5 Å². The van der Waals surface area contributed by atoms with Crippen LogP contribution in [0.3, 0.4) is 0 Å². The van der Waals surface area contributed by atoms with Gasteiger partial charge in [0.05, 0.1) is 19.8 Å². The summed E-state index contributed by atoms with van der Waals surface area (Å²) in [7, 11) is -2.02. The largest absolute Gasteiger partial charge is 0.392 e. The summed E-state index contributed by atoms with van der Waals surface area (Å²) in [5.74, 6) is 0. The number of nitrogens with zero attached hydrogens (tertiary/aromatic N) is 1. The fourth-order valence-electron chi connectivity index (χ4n) is 1.36. The molecule has 0 amide bonds. The molecule has 8 heteroatoms. The van der Waals surface area contributed by atoms with Crippen LogP contribution < -0.4 is 4.72 Å². The van der Waals surface area contributed by atoms with Crippen LogP contribution in [0.25, 0.3) is 0 Å². The Hall–Kier alpha value is -1.06. The summed E-state index contributed by atoms with van der Waals surface area (Å²) in [4.78, 5) is 3.80. The summed E-state index contributed by atoms with van der Waals surface area (Å²) in [6.45, 7) is 1.58. The zero-order valence-corrected chi connectivity index (χ0v) is 12.2. The highest BCUT2D eigenvalue weighted by Gasteiger charge is 2.14. The molecule has 1 aromatic rings. The predicted molar refractivity (Wildman–Crippen MR) is 72.7 cm³/mol. The van der Waals surface area contributed by atoms with E-state index in [4.69, 9.17) is 14.6 Å². The summed E-state index contributed by atoms with van der Waals surface area (Å²) < 4.78 is 36.2. The third-order valence-corrected chi connectivity index (χ3v) is 3.82. The van der Waals surface area contributed by atoms with E-state index < -0.39 is 10.0 Å². The van der Waals surface area contributed by atoms with Gasteiger partial charge >= 0.3 is 0 Å². The molecule has 1 aromatic heterocycles. The quantitative estimate of drug-likeness (QED) is 0.586. The normalized spacial score (nSPS) is 11.7. The molecule has 20 heavy (non-hydrogen) atoms. The van der Waals surface area contributed by atoms with Crippen LogP contribution in [0, 0.1) is 0 Å². The summed E-state index contributed by atoms with van der Waals surface area (Å²) in [6.07, 6.45) is 1.90. The van der Waals surface area contributed by atoms with Crippen LogP contribution in [-0.4, -0.2) is 52.0 Å². The Morgan fingerprint density at radius 1 is 1.30 bits per heavy atom. The highest BCUT2D eigenvalue weighted by molar-refractivity contribution is 7.89. The van der Waals surface area contributed by atoms with Crippen LogP contribution in [0.15, 0.2) is 23.4 Å². The van der Waals surface area contributed by atoms with Gasteiger partial charge in [0.25, 0.3) is 10.0 Å². The molecular formula is C12H20N2O5S. The lowest BCUT2D eigenvalue weighted by molar-refractivity contribution is 0.0699. The van der Waals surface area contributed by atoms with Gasteiger partial charge in [0, 0.05) is 26.5 Å². The van der Waals surface area contributed by atoms with Crippen LogP contribution in [-0.2, 0) is 26.1 Å². The van der Waals surface area contributed by atoms with Gasteiger partial charge in [0.2, 0.25) is 0 Å². The van der Waals surface area contributed by atoms with Crippen molar-refractivity contribution in [2.24, 2.45) is 0 Å². The Bertz CT molecular complexity index is 475. The topological polar surface area (TPSA) is 97.8 Å². The van der Waals surface area contributed by atoms with Gasteiger partial charge in [0.15, 0.2) is 5.03 Å². The molecule has 0 saturated heterocycles. The van der Waals surface area contributed by atoms with Crippen molar-refractivity contribution in [3.63, 3.8) is 0 Å². The van der Waals surface area contributed by atoms with Crippen molar-refractivity contribution in [3.8, 4) is 0 Å². The van der Waals surface area contributed by atoms with E-state index in [2.05, 4.69) is 9.71 Å². The predicted octanol–water partition coefficient (Wildman–Crippen LogP) is -0.0947. The maximum Gasteiger partial charge on any atom is 0.258 e. The second-order valence-corrected chi connectivity index (χ2v) is 5.73. The van der Waals surface area contributed by atoms with Gasteiger partial charge < -0.3 is 14.6 Å². The van der Waals surface area contributed by atoms with Gasteiger partial charge in [-0.25, -0.2) is 18.1 Å². The Morgan fingerprint density at radius 2 is 2.10 bits per heavy atom. The van der Waals surface area contributed by atoms with Crippen LogP contribution in [0.2, 0.25) is 0 Å². The van der Waals surface area contributed by atoms with Crippen molar-refractivity contribution in [1.29, 1.82) is 0 Å². The maximum atomic E-state index is 11.9. The molecule has 0 unspecified atom stereocenters. The van der Waals surface area contributed by atoms with Crippen molar-refractivity contribution < 1.29 is 23.0 Å². The summed E-state index contributed by atoms with van der Waals surface area (Å²) in [6, 6.07) is 2.89. The monoisotopic (exact) mass is 304 g/mol. The van der Waals surface area contributed by atoms with E-state index in [1.165, 1.54) is 18.3 Å². The van der Waals surface area contributed by atoms with E-state index in [1.807, 2.05) is 0 Å². The van der Waals surface area contributed by atoms with E-state index >= 15 is 0 Å². The van der Waals surface area contributed by atoms with E-state index in [-0.39, 0.29) is 18.2 Å². The van der Waals surface area contributed by atoms with Gasteiger partial charge in [-0.05, 0) is 18.1 Å². The zero-order chi connectivity index (χ0) is 14.8. The first-order valence-electron chi connectivity index (χ1n) is 6.22. The molecule has 0 aliphatic rings. The third-order valence-electron chi connectivity index (χ3n) is 2.44. The number of aliphatic hydroxyl groups is 1. The summed E-state index contributed by atoms with van der Waals surface area (Å²) >= 11 is 0. The van der Waals surface area contributed by atoms with Gasteiger partial charge in [-0.15, -0.1) is 0 Å². The molecule has 0 saturated carbocycles. The lowest BCUT2D eigenvalue weighted by atomic mass is 10.3. The van der Waals surface area contributed by atoms with Crippen molar-refractivity contribution in [1.82, 2.24) is 9.71 Å². The molecule has 0 aromatic carbocycles.